The van der Waals surface area contributed by atoms with Crippen LogP contribution in [0.3, 0.4) is 0 Å². The first-order valence-electron chi connectivity index (χ1n) is 10.2. The standard InChI is InChI=1S/C22H21Cl2N5O3S/c1-15(30)25-17-3-5-18(6-4-17)33(31,32)29-12-10-28(11-13-29)22-9-8-21(26-27-22)19-7-2-16(23)14-20(19)24/h2-9,14H,10-13H2,1H3,(H,25,30). The Balaban J connectivity index is 1.41. The topological polar surface area (TPSA) is 95.5 Å². The molecule has 0 radical (unpaired) electrons. The molecule has 0 aliphatic carbocycles. The lowest BCUT2D eigenvalue weighted by Gasteiger charge is -2.34. The molecule has 0 saturated carbocycles. The number of benzene rings is 2. The lowest BCUT2D eigenvalue weighted by Crippen LogP contribution is -2.49. The Kier molecular flexibility index (Phi) is 6.85. The van der Waals surface area contributed by atoms with Gasteiger partial charge in [-0.25, -0.2) is 8.42 Å². The molecule has 1 saturated heterocycles. The second-order valence-corrected chi connectivity index (χ2v) is 10.3. The summed E-state index contributed by atoms with van der Waals surface area (Å²) >= 11 is 12.2. The van der Waals surface area contributed by atoms with Crippen molar-refractivity contribution < 1.29 is 13.2 Å². The molecule has 0 spiro atoms. The van der Waals surface area contributed by atoms with Crippen LogP contribution in [-0.2, 0) is 14.8 Å². The monoisotopic (exact) mass is 505 g/mol. The maximum absolute atomic E-state index is 13.0. The van der Waals surface area contributed by atoms with E-state index in [0.717, 1.165) is 5.56 Å². The average molecular weight is 506 g/mol. The molecule has 1 fully saturated rings. The fourth-order valence-corrected chi connectivity index (χ4v) is 5.48. The van der Waals surface area contributed by atoms with Crippen LogP contribution >= 0.6 is 23.2 Å². The number of halogens is 2. The maximum atomic E-state index is 13.0. The molecule has 1 aliphatic heterocycles. The molecule has 1 aliphatic rings. The van der Waals surface area contributed by atoms with E-state index < -0.39 is 10.0 Å². The van der Waals surface area contributed by atoms with Crippen LogP contribution in [0.1, 0.15) is 6.92 Å². The molecule has 1 N–H and O–H groups in total. The summed E-state index contributed by atoms with van der Waals surface area (Å²) in [4.78, 5) is 13.3. The number of carbonyl (C=O) groups is 1. The number of nitrogens with one attached hydrogen (secondary N) is 1. The van der Waals surface area contributed by atoms with Gasteiger partial charge < -0.3 is 10.2 Å². The summed E-state index contributed by atoms with van der Waals surface area (Å²) in [6.45, 7) is 3.01. The molecule has 0 bridgehead atoms. The summed E-state index contributed by atoms with van der Waals surface area (Å²) in [5.74, 6) is 0.453. The van der Waals surface area contributed by atoms with Crippen molar-refractivity contribution >= 4 is 50.6 Å². The zero-order valence-electron chi connectivity index (χ0n) is 17.7. The number of aromatic nitrogens is 2. The van der Waals surface area contributed by atoms with Crippen molar-refractivity contribution in [2.75, 3.05) is 36.4 Å². The van der Waals surface area contributed by atoms with Gasteiger partial charge in [-0.05, 0) is 54.6 Å². The molecule has 8 nitrogen and oxygen atoms in total. The summed E-state index contributed by atoms with van der Waals surface area (Å²) < 4.78 is 27.4. The molecular weight excluding hydrogens is 485 g/mol. The smallest absolute Gasteiger partial charge is 0.243 e. The lowest BCUT2D eigenvalue weighted by molar-refractivity contribution is -0.114. The molecule has 3 aromatic rings. The van der Waals surface area contributed by atoms with Crippen molar-refractivity contribution in [1.29, 1.82) is 0 Å². The van der Waals surface area contributed by atoms with Gasteiger partial charge in [-0.3, -0.25) is 4.79 Å². The molecule has 1 amide bonds. The van der Waals surface area contributed by atoms with Gasteiger partial charge in [0.15, 0.2) is 5.82 Å². The zero-order valence-corrected chi connectivity index (χ0v) is 20.0. The van der Waals surface area contributed by atoms with Crippen LogP contribution in [0.4, 0.5) is 11.5 Å². The Morgan fingerprint density at radius 1 is 0.939 bits per heavy atom. The summed E-state index contributed by atoms with van der Waals surface area (Å²) in [6.07, 6.45) is 0. The summed E-state index contributed by atoms with van der Waals surface area (Å²) in [7, 11) is -3.63. The van der Waals surface area contributed by atoms with E-state index in [9.17, 15) is 13.2 Å². The second-order valence-electron chi connectivity index (χ2n) is 7.50. The third-order valence-corrected chi connectivity index (χ3v) is 7.69. The number of carbonyl (C=O) groups excluding carboxylic acids is 1. The molecule has 11 heteroatoms. The van der Waals surface area contributed by atoms with E-state index in [-0.39, 0.29) is 10.8 Å². The molecule has 0 unspecified atom stereocenters. The van der Waals surface area contributed by atoms with Gasteiger partial charge in [-0.15, -0.1) is 10.2 Å². The molecule has 33 heavy (non-hydrogen) atoms. The molecule has 2 aromatic carbocycles. The minimum absolute atomic E-state index is 0.189. The Hall–Kier alpha value is -2.72. The van der Waals surface area contributed by atoms with Crippen molar-refractivity contribution in [1.82, 2.24) is 14.5 Å². The van der Waals surface area contributed by atoms with Crippen molar-refractivity contribution in [2.45, 2.75) is 11.8 Å². The van der Waals surface area contributed by atoms with Gasteiger partial charge in [0.2, 0.25) is 15.9 Å². The average Bonchev–Trinajstić information content (AvgIpc) is 2.79. The first-order chi connectivity index (χ1) is 15.7. The van der Waals surface area contributed by atoms with Gasteiger partial charge in [0.25, 0.3) is 0 Å². The predicted octanol–water partition coefficient (Wildman–Crippen LogP) is 3.92. The number of hydrogen-bond donors (Lipinski definition) is 1. The van der Waals surface area contributed by atoms with Crippen molar-refractivity contribution in [3.63, 3.8) is 0 Å². The Morgan fingerprint density at radius 2 is 1.64 bits per heavy atom. The third-order valence-electron chi connectivity index (χ3n) is 5.23. The SMILES string of the molecule is CC(=O)Nc1ccc(S(=O)(=O)N2CCN(c3ccc(-c4ccc(Cl)cc4Cl)nn3)CC2)cc1. The van der Waals surface area contributed by atoms with Crippen molar-refractivity contribution in [3.8, 4) is 11.3 Å². The van der Waals surface area contributed by atoms with Crippen LogP contribution in [-0.4, -0.2) is 55.0 Å². The Morgan fingerprint density at radius 3 is 2.21 bits per heavy atom. The van der Waals surface area contributed by atoms with E-state index in [1.807, 2.05) is 17.0 Å². The van der Waals surface area contributed by atoms with E-state index >= 15 is 0 Å². The minimum atomic E-state index is -3.63. The van der Waals surface area contributed by atoms with Crippen LogP contribution in [0.15, 0.2) is 59.5 Å². The normalized spacial score (nSPS) is 14.8. The number of rotatable bonds is 5. The molecule has 0 atom stereocenters. The van der Waals surface area contributed by atoms with Crippen LogP contribution in [0.25, 0.3) is 11.3 Å². The highest BCUT2D eigenvalue weighted by Crippen LogP contribution is 2.29. The Bertz CT molecular complexity index is 1260. The second kappa shape index (κ2) is 9.64. The number of hydrogen-bond acceptors (Lipinski definition) is 6. The van der Waals surface area contributed by atoms with Gasteiger partial charge in [-0.1, -0.05) is 23.2 Å². The summed E-state index contributed by atoms with van der Waals surface area (Å²) in [5.41, 5.74) is 1.91. The fourth-order valence-electron chi connectivity index (χ4n) is 3.55. The van der Waals surface area contributed by atoms with Gasteiger partial charge in [0.05, 0.1) is 15.6 Å². The first kappa shape index (κ1) is 23.4. The zero-order chi connectivity index (χ0) is 23.6. The van der Waals surface area contributed by atoms with Gasteiger partial charge in [0, 0.05) is 49.4 Å². The Labute approximate surface area is 202 Å². The molecule has 172 valence electrons. The summed E-state index contributed by atoms with van der Waals surface area (Å²) in [5, 5.41) is 12.2. The third kappa shape index (κ3) is 5.27. The fraction of sp³-hybridized carbons (Fsp3) is 0.227. The minimum Gasteiger partial charge on any atom is -0.352 e. The highest BCUT2D eigenvalue weighted by Gasteiger charge is 2.29. The van der Waals surface area contributed by atoms with Gasteiger partial charge >= 0.3 is 0 Å². The van der Waals surface area contributed by atoms with Crippen molar-refractivity contribution in [3.05, 3.63) is 64.6 Å². The van der Waals surface area contributed by atoms with Crippen LogP contribution in [0.2, 0.25) is 10.0 Å². The van der Waals surface area contributed by atoms with Gasteiger partial charge in [0.1, 0.15) is 0 Å². The molecule has 1 aromatic heterocycles. The maximum Gasteiger partial charge on any atom is 0.243 e. The first-order valence-corrected chi connectivity index (χ1v) is 12.4. The number of sulfonamides is 1. The highest BCUT2D eigenvalue weighted by molar-refractivity contribution is 7.89. The van der Waals surface area contributed by atoms with Crippen LogP contribution in [0, 0.1) is 0 Å². The summed E-state index contributed by atoms with van der Waals surface area (Å²) in [6, 6.07) is 15.0. The predicted molar refractivity (Wildman–Crippen MR) is 129 cm³/mol. The number of amides is 1. The largest absolute Gasteiger partial charge is 0.352 e. The van der Waals surface area contributed by atoms with E-state index in [1.54, 1.807) is 30.3 Å². The lowest BCUT2D eigenvalue weighted by atomic mass is 10.1. The van der Waals surface area contributed by atoms with E-state index in [4.69, 9.17) is 23.2 Å². The van der Waals surface area contributed by atoms with Gasteiger partial charge in [-0.2, -0.15) is 4.31 Å². The number of nitrogens with zero attached hydrogens (tertiary/aromatic N) is 4. The number of piperazine rings is 1. The van der Waals surface area contributed by atoms with E-state index in [0.29, 0.717) is 53.4 Å². The molecular formula is C22H21Cl2N5O3S. The van der Waals surface area contributed by atoms with Crippen molar-refractivity contribution in [2.24, 2.45) is 0 Å². The van der Waals surface area contributed by atoms with E-state index in [1.165, 1.54) is 23.4 Å². The highest BCUT2D eigenvalue weighted by atomic mass is 35.5. The van der Waals surface area contributed by atoms with E-state index in [2.05, 4.69) is 15.5 Å². The quantitative estimate of drug-likeness (QED) is 0.564. The molecule has 4 rings (SSSR count). The number of anilines is 2. The molecule has 2 heterocycles. The van der Waals surface area contributed by atoms with Crippen LogP contribution < -0.4 is 10.2 Å². The van der Waals surface area contributed by atoms with Crippen LogP contribution in [0.5, 0.6) is 0 Å².